The molecule has 0 unspecified atom stereocenters. The van der Waals surface area contributed by atoms with Crippen LogP contribution in [0.3, 0.4) is 0 Å². The van der Waals surface area contributed by atoms with Crippen molar-refractivity contribution in [1.82, 2.24) is 4.98 Å². The van der Waals surface area contributed by atoms with E-state index in [0.717, 1.165) is 11.6 Å². The van der Waals surface area contributed by atoms with Gasteiger partial charge in [-0.1, -0.05) is 6.07 Å². The number of nitrogens with one attached hydrogen (secondary N) is 1. The minimum absolute atomic E-state index is 0.396. The van der Waals surface area contributed by atoms with Crippen molar-refractivity contribution in [2.45, 2.75) is 6.61 Å². The maximum absolute atomic E-state index is 5.45. The van der Waals surface area contributed by atoms with E-state index < -0.39 is 0 Å². The van der Waals surface area contributed by atoms with Crippen molar-refractivity contribution in [2.75, 3.05) is 12.4 Å². The standard InChI is InChI=1S/C11H12N2O2/c1-12-10-5-2-6-11(13-10)15-8-9-4-3-7-14-9/h2-7H,8H2,1H3,(H,12,13). The molecule has 2 aromatic rings. The van der Waals surface area contributed by atoms with Crippen LogP contribution in [0, 0.1) is 0 Å². The molecule has 0 bridgehead atoms. The molecule has 0 aliphatic carbocycles. The molecule has 0 aliphatic heterocycles. The predicted octanol–water partition coefficient (Wildman–Crippen LogP) is 2.30. The van der Waals surface area contributed by atoms with E-state index in [-0.39, 0.29) is 0 Å². The van der Waals surface area contributed by atoms with Gasteiger partial charge in [0.05, 0.1) is 6.26 Å². The Hall–Kier alpha value is -1.97. The van der Waals surface area contributed by atoms with Crippen molar-refractivity contribution in [2.24, 2.45) is 0 Å². The van der Waals surface area contributed by atoms with Crippen molar-refractivity contribution in [3.63, 3.8) is 0 Å². The third-order valence-corrected chi connectivity index (χ3v) is 1.92. The van der Waals surface area contributed by atoms with Crippen molar-refractivity contribution in [3.8, 4) is 5.88 Å². The quantitative estimate of drug-likeness (QED) is 0.830. The van der Waals surface area contributed by atoms with Gasteiger partial charge in [0.25, 0.3) is 0 Å². The number of pyridine rings is 1. The highest BCUT2D eigenvalue weighted by Crippen LogP contribution is 2.12. The maximum atomic E-state index is 5.45. The molecule has 0 aromatic carbocycles. The minimum atomic E-state index is 0.396. The van der Waals surface area contributed by atoms with Gasteiger partial charge in [-0.15, -0.1) is 0 Å². The van der Waals surface area contributed by atoms with Crippen LogP contribution in [0.25, 0.3) is 0 Å². The molecule has 2 heterocycles. The van der Waals surface area contributed by atoms with Gasteiger partial charge in [-0.05, 0) is 18.2 Å². The summed E-state index contributed by atoms with van der Waals surface area (Å²) < 4.78 is 10.6. The summed E-state index contributed by atoms with van der Waals surface area (Å²) in [4.78, 5) is 4.22. The molecular weight excluding hydrogens is 192 g/mol. The number of rotatable bonds is 4. The third kappa shape index (κ3) is 2.49. The van der Waals surface area contributed by atoms with E-state index in [9.17, 15) is 0 Å². The number of aromatic nitrogens is 1. The molecule has 4 nitrogen and oxygen atoms in total. The van der Waals surface area contributed by atoms with Crippen LogP contribution in [0.1, 0.15) is 5.76 Å². The van der Waals surface area contributed by atoms with Gasteiger partial charge in [0.2, 0.25) is 5.88 Å². The highest BCUT2D eigenvalue weighted by atomic mass is 16.5. The second-order valence-electron chi connectivity index (χ2n) is 2.98. The molecule has 2 rings (SSSR count). The first-order valence-corrected chi connectivity index (χ1v) is 4.68. The first kappa shape index (κ1) is 9.58. The van der Waals surface area contributed by atoms with Crippen molar-refractivity contribution in [3.05, 3.63) is 42.4 Å². The van der Waals surface area contributed by atoms with Gasteiger partial charge in [0, 0.05) is 13.1 Å². The molecule has 2 aromatic heterocycles. The summed E-state index contributed by atoms with van der Waals surface area (Å²) in [5.74, 6) is 2.15. The van der Waals surface area contributed by atoms with Gasteiger partial charge < -0.3 is 14.5 Å². The van der Waals surface area contributed by atoms with E-state index >= 15 is 0 Å². The van der Waals surface area contributed by atoms with Gasteiger partial charge in [0.15, 0.2) is 0 Å². The fourth-order valence-electron chi connectivity index (χ4n) is 1.17. The van der Waals surface area contributed by atoms with Gasteiger partial charge in [-0.3, -0.25) is 0 Å². The van der Waals surface area contributed by atoms with Crippen molar-refractivity contribution in [1.29, 1.82) is 0 Å². The average Bonchev–Trinajstić information content (AvgIpc) is 2.79. The van der Waals surface area contributed by atoms with Gasteiger partial charge in [0.1, 0.15) is 18.2 Å². The molecule has 15 heavy (non-hydrogen) atoms. The first-order valence-electron chi connectivity index (χ1n) is 4.68. The van der Waals surface area contributed by atoms with Crippen molar-refractivity contribution >= 4 is 5.82 Å². The van der Waals surface area contributed by atoms with Gasteiger partial charge in [-0.2, -0.15) is 4.98 Å². The Bertz CT molecular complexity index is 412. The third-order valence-electron chi connectivity index (χ3n) is 1.92. The number of hydrogen-bond acceptors (Lipinski definition) is 4. The monoisotopic (exact) mass is 204 g/mol. The SMILES string of the molecule is CNc1cccc(OCc2ccco2)n1. The molecule has 0 saturated carbocycles. The van der Waals surface area contributed by atoms with Crippen LogP contribution in [0.2, 0.25) is 0 Å². The Kier molecular flexibility index (Phi) is 2.88. The molecule has 78 valence electrons. The zero-order chi connectivity index (χ0) is 10.5. The second kappa shape index (κ2) is 4.50. The number of nitrogens with zero attached hydrogens (tertiary/aromatic N) is 1. The fourth-order valence-corrected chi connectivity index (χ4v) is 1.17. The molecule has 0 saturated heterocycles. The largest absolute Gasteiger partial charge is 0.469 e. The second-order valence-corrected chi connectivity index (χ2v) is 2.98. The summed E-state index contributed by atoms with van der Waals surface area (Å²) in [6.45, 7) is 0.396. The molecule has 0 radical (unpaired) electrons. The Morgan fingerprint density at radius 2 is 2.27 bits per heavy atom. The van der Waals surface area contributed by atoms with Crippen LogP contribution >= 0.6 is 0 Å². The Morgan fingerprint density at radius 1 is 1.33 bits per heavy atom. The zero-order valence-corrected chi connectivity index (χ0v) is 8.43. The number of furan rings is 1. The first-order chi connectivity index (χ1) is 7.38. The van der Waals surface area contributed by atoms with Crippen molar-refractivity contribution < 1.29 is 9.15 Å². The topological polar surface area (TPSA) is 47.3 Å². The molecule has 0 aliphatic rings. The minimum Gasteiger partial charge on any atom is -0.469 e. The van der Waals surface area contributed by atoms with Crippen LogP contribution in [0.15, 0.2) is 41.0 Å². The van der Waals surface area contributed by atoms with E-state index in [4.69, 9.17) is 9.15 Å². The van der Waals surface area contributed by atoms with Crippen LogP contribution in [0.4, 0.5) is 5.82 Å². The Morgan fingerprint density at radius 3 is 3.00 bits per heavy atom. The smallest absolute Gasteiger partial charge is 0.215 e. The lowest BCUT2D eigenvalue weighted by Crippen LogP contribution is -1.98. The number of anilines is 1. The fraction of sp³-hybridized carbons (Fsp3) is 0.182. The molecule has 4 heteroatoms. The summed E-state index contributed by atoms with van der Waals surface area (Å²) in [6, 6.07) is 9.26. The maximum Gasteiger partial charge on any atom is 0.215 e. The normalized spacial score (nSPS) is 9.93. The van der Waals surface area contributed by atoms with Crippen LogP contribution in [-0.4, -0.2) is 12.0 Å². The molecule has 0 atom stereocenters. The van der Waals surface area contributed by atoms with E-state index in [1.54, 1.807) is 6.26 Å². The summed E-state index contributed by atoms with van der Waals surface area (Å²) in [7, 11) is 1.82. The summed E-state index contributed by atoms with van der Waals surface area (Å²) in [6.07, 6.45) is 1.62. The highest BCUT2D eigenvalue weighted by Gasteiger charge is 1.99. The van der Waals surface area contributed by atoms with E-state index in [1.807, 2.05) is 37.4 Å². The zero-order valence-electron chi connectivity index (χ0n) is 8.43. The Labute approximate surface area is 87.9 Å². The summed E-state index contributed by atoms with van der Waals surface area (Å²) >= 11 is 0. The number of ether oxygens (including phenoxy) is 1. The lowest BCUT2D eigenvalue weighted by atomic mass is 10.4. The molecule has 0 fully saturated rings. The van der Waals surface area contributed by atoms with Gasteiger partial charge >= 0.3 is 0 Å². The van der Waals surface area contributed by atoms with Gasteiger partial charge in [-0.25, -0.2) is 0 Å². The van der Waals surface area contributed by atoms with E-state index in [1.165, 1.54) is 0 Å². The van der Waals surface area contributed by atoms with Crippen LogP contribution in [0.5, 0.6) is 5.88 Å². The summed E-state index contributed by atoms with van der Waals surface area (Å²) in [5, 5.41) is 2.95. The predicted molar refractivity (Wildman–Crippen MR) is 56.8 cm³/mol. The highest BCUT2D eigenvalue weighted by molar-refractivity contribution is 5.35. The van der Waals surface area contributed by atoms with Crippen LogP contribution < -0.4 is 10.1 Å². The molecular formula is C11H12N2O2. The van der Waals surface area contributed by atoms with E-state index in [2.05, 4.69) is 10.3 Å². The van der Waals surface area contributed by atoms with E-state index in [0.29, 0.717) is 12.5 Å². The lowest BCUT2D eigenvalue weighted by molar-refractivity contribution is 0.261. The molecule has 0 spiro atoms. The summed E-state index contributed by atoms with van der Waals surface area (Å²) in [5.41, 5.74) is 0. The average molecular weight is 204 g/mol. The Balaban J connectivity index is 1.98. The molecule has 0 amide bonds. The molecule has 1 N–H and O–H groups in total. The lowest BCUT2D eigenvalue weighted by Gasteiger charge is -2.04. The van der Waals surface area contributed by atoms with Crippen LogP contribution in [-0.2, 0) is 6.61 Å². The number of hydrogen-bond donors (Lipinski definition) is 1.